The van der Waals surface area contributed by atoms with Gasteiger partial charge in [-0.25, -0.2) is 0 Å². The number of hydrogen-bond acceptors (Lipinski definition) is 4. The van der Waals surface area contributed by atoms with E-state index in [9.17, 15) is 5.11 Å². The molecule has 0 aliphatic rings. The van der Waals surface area contributed by atoms with Crippen LogP contribution in [0.5, 0.6) is 5.75 Å². The number of nitrogens with zero attached hydrogens (tertiary/aromatic N) is 1. The summed E-state index contributed by atoms with van der Waals surface area (Å²) in [5.74, 6) is 0.807. The van der Waals surface area contributed by atoms with Gasteiger partial charge in [-0.3, -0.25) is 0 Å². The number of aliphatic hydroxyl groups is 1. The Labute approximate surface area is 109 Å². The molecule has 1 rings (SSSR count). The molecular weight excluding hydrogens is 228 g/mol. The van der Waals surface area contributed by atoms with Crippen LogP contribution in [0.3, 0.4) is 0 Å². The van der Waals surface area contributed by atoms with E-state index < -0.39 is 0 Å². The lowest BCUT2D eigenvalue weighted by Crippen LogP contribution is -2.29. The molecule has 0 aromatic heterocycles. The van der Waals surface area contributed by atoms with Crippen molar-refractivity contribution >= 4 is 5.69 Å². The lowest BCUT2D eigenvalue weighted by molar-refractivity contribution is 0.301. The van der Waals surface area contributed by atoms with Crippen LogP contribution in [0.15, 0.2) is 18.2 Å². The molecule has 0 fully saturated rings. The summed E-state index contributed by atoms with van der Waals surface area (Å²) >= 11 is 0. The maximum Gasteiger partial charge on any atom is 0.125 e. The highest BCUT2D eigenvalue weighted by atomic mass is 16.5. The van der Waals surface area contributed by atoms with Crippen molar-refractivity contribution in [1.29, 1.82) is 0 Å². The molecule has 1 aromatic carbocycles. The molecule has 0 aliphatic carbocycles. The Kier molecular flexibility index (Phi) is 5.95. The van der Waals surface area contributed by atoms with Gasteiger partial charge in [-0.1, -0.05) is 13.0 Å². The number of ether oxygens (including phenoxy) is 1. The van der Waals surface area contributed by atoms with Crippen LogP contribution in [0.2, 0.25) is 0 Å². The van der Waals surface area contributed by atoms with Crippen LogP contribution in [0, 0.1) is 0 Å². The van der Waals surface area contributed by atoms with Crippen LogP contribution < -0.4 is 15.4 Å². The fourth-order valence-electron chi connectivity index (χ4n) is 2.19. The Balaban J connectivity index is 3.18. The Morgan fingerprint density at radius 3 is 2.61 bits per heavy atom. The molecule has 3 N–H and O–H groups in total. The third-order valence-corrected chi connectivity index (χ3v) is 2.92. The van der Waals surface area contributed by atoms with Crippen molar-refractivity contribution in [3.05, 3.63) is 23.8 Å². The van der Waals surface area contributed by atoms with Gasteiger partial charge in [0.2, 0.25) is 0 Å². The van der Waals surface area contributed by atoms with E-state index in [4.69, 9.17) is 10.5 Å². The van der Waals surface area contributed by atoms with Crippen LogP contribution in [0.25, 0.3) is 0 Å². The lowest BCUT2D eigenvalue weighted by atomic mass is 10.0. The number of hydrogen-bond donors (Lipinski definition) is 2. The zero-order valence-corrected chi connectivity index (χ0v) is 11.5. The third-order valence-electron chi connectivity index (χ3n) is 2.92. The van der Waals surface area contributed by atoms with Crippen LogP contribution in [-0.4, -0.2) is 31.9 Å². The van der Waals surface area contributed by atoms with Crippen molar-refractivity contribution in [3.8, 4) is 5.75 Å². The maximum absolute atomic E-state index is 9.18. The summed E-state index contributed by atoms with van der Waals surface area (Å²) in [4.78, 5) is 2.15. The summed E-state index contributed by atoms with van der Waals surface area (Å²) in [6, 6.07) is 5.81. The smallest absolute Gasteiger partial charge is 0.125 e. The van der Waals surface area contributed by atoms with Gasteiger partial charge in [0.05, 0.1) is 13.7 Å². The van der Waals surface area contributed by atoms with Crippen molar-refractivity contribution in [2.75, 3.05) is 31.7 Å². The molecule has 0 saturated heterocycles. The van der Waals surface area contributed by atoms with Crippen LogP contribution in [0.4, 0.5) is 5.69 Å². The van der Waals surface area contributed by atoms with Gasteiger partial charge in [-0.2, -0.15) is 0 Å². The zero-order valence-electron chi connectivity index (χ0n) is 11.5. The number of rotatable bonds is 7. The standard InChI is InChI=1S/C14H24N2O2/c1-4-8-16(9-10-17)12-6-5-7-13(18-3)14(12)11(2)15/h5-7,11,17H,4,8-10,15H2,1-3H3. The molecule has 0 aliphatic heterocycles. The Morgan fingerprint density at radius 2 is 2.11 bits per heavy atom. The first-order valence-electron chi connectivity index (χ1n) is 6.44. The minimum Gasteiger partial charge on any atom is -0.496 e. The molecule has 102 valence electrons. The monoisotopic (exact) mass is 252 g/mol. The molecule has 0 spiro atoms. The predicted octanol–water partition coefficient (Wildman–Crippen LogP) is 1.92. The van der Waals surface area contributed by atoms with Crippen LogP contribution >= 0.6 is 0 Å². The number of anilines is 1. The molecule has 0 heterocycles. The number of benzene rings is 1. The summed E-state index contributed by atoms with van der Waals surface area (Å²) in [6.45, 7) is 5.71. The number of methoxy groups -OCH3 is 1. The molecule has 1 atom stereocenters. The third kappa shape index (κ3) is 3.37. The fraction of sp³-hybridized carbons (Fsp3) is 0.571. The normalized spacial score (nSPS) is 12.3. The Morgan fingerprint density at radius 1 is 1.39 bits per heavy atom. The maximum atomic E-state index is 9.18. The molecule has 18 heavy (non-hydrogen) atoms. The Bertz CT molecular complexity index is 361. The van der Waals surface area contributed by atoms with E-state index in [2.05, 4.69) is 11.8 Å². The molecular formula is C14H24N2O2. The van der Waals surface area contributed by atoms with Crippen molar-refractivity contribution in [2.24, 2.45) is 5.73 Å². The van der Waals surface area contributed by atoms with Crippen molar-refractivity contribution in [3.63, 3.8) is 0 Å². The first-order chi connectivity index (χ1) is 8.65. The SMILES string of the molecule is CCCN(CCO)c1cccc(OC)c1C(C)N. The second-order valence-electron chi connectivity index (χ2n) is 4.39. The van der Waals surface area contributed by atoms with Gasteiger partial charge in [0.15, 0.2) is 0 Å². The van der Waals surface area contributed by atoms with E-state index in [0.29, 0.717) is 6.54 Å². The van der Waals surface area contributed by atoms with Crippen molar-refractivity contribution < 1.29 is 9.84 Å². The molecule has 0 bridgehead atoms. The van der Waals surface area contributed by atoms with Gasteiger partial charge in [0.1, 0.15) is 5.75 Å². The van der Waals surface area contributed by atoms with Crippen LogP contribution in [0.1, 0.15) is 31.9 Å². The molecule has 1 unspecified atom stereocenters. The summed E-state index contributed by atoms with van der Waals surface area (Å²) in [5.41, 5.74) is 8.11. The van der Waals surface area contributed by atoms with Crippen molar-refractivity contribution in [2.45, 2.75) is 26.3 Å². The van der Waals surface area contributed by atoms with Crippen LogP contribution in [-0.2, 0) is 0 Å². The average Bonchev–Trinajstić information content (AvgIpc) is 2.37. The molecule has 1 aromatic rings. The van der Waals surface area contributed by atoms with Gasteiger partial charge < -0.3 is 20.5 Å². The number of aliphatic hydroxyl groups excluding tert-OH is 1. The lowest BCUT2D eigenvalue weighted by Gasteiger charge is -2.28. The second-order valence-corrected chi connectivity index (χ2v) is 4.39. The fourth-order valence-corrected chi connectivity index (χ4v) is 2.19. The van der Waals surface area contributed by atoms with Gasteiger partial charge in [-0.05, 0) is 25.5 Å². The average molecular weight is 252 g/mol. The number of nitrogens with two attached hydrogens (primary N) is 1. The first-order valence-corrected chi connectivity index (χ1v) is 6.44. The highest BCUT2D eigenvalue weighted by Crippen LogP contribution is 2.33. The topological polar surface area (TPSA) is 58.7 Å². The van der Waals surface area contributed by atoms with E-state index in [-0.39, 0.29) is 12.6 Å². The van der Waals surface area contributed by atoms with Gasteiger partial charge in [-0.15, -0.1) is 0 Å². The summed E-state index contributed by atoms with van der Waals surface area (Å²) in [6.07, 6.45) is 1.02. The summed E-state index contributed by atoms with van der Waals surface area (Å²) in [7, 11) is 1.65. The summed E-state index contributed by atoms with van der Waals surface area (Å²) < 4.78 is 5.38. The second kappa shape index (κ2) is 7.24. The van der Waals surface area contributed by atoms with E-state index in [1.165, 1.54) is 0 Å². The molecule has 0 amide bonds. The highest BCUT2D eigenvalue weighted by molar-refractivity contribution is 5.60. The first kappa shape index (κ1) is 14.8. The zero-order chi connectivity index (χ0) is 13.5. The summed E-state index contributed by atoms with van der Waals surface area (Å²) in [5, 5.41) is 9.18. The molecule has 4 nitrogen and oxygen atoms in total. The minimum atomic E-state index is -0.103. The van der Waals surface area contributed by atoms with E-state index in [1.807, 2.05) is 25.1 Å². The minimum absolute atomic E-state index is 0.103. The Hall–Kier alpha value is -1.26. The van der Waals surface area contributed by atoms with Gasteiger partial charge >= 0.3 is 0 Å². The predicted molar refractivity (Wildman–Crippen MR) is 75.2 cm³/mol. The van der Waals surface area contributed by atoms with Crippen molar-refractivity contribution in [1.82, 2.24) is 0 Å². The van der Waals surface area contributed by atoms with E-state index >= 15 is 0 Å². The quantitative estimate of drug-likeness (QED) is 0.778. The largest absolute Gasteiger partial charge is 0.496 e. The van der Waals surface area contributed by atoms with E-state index in [1.54, 1.807) is 7.11 Å². The highest BCUT2D eigenvalue weighted by Gasteiger charge is 2.17. The molecule has 4 heteroatoms. The molecule has 0 saturated carbocycles. The van der Waals surface area contributed by atoms with E-state index in [0.717, 1.165) is 30.0 Å². The van der Waals surface area contributed by atoms with Gasteiger partial charge in [0.25, 0.3) is 0 Å². The van der Waals surface area contributed by atoms with Gasteiger partial charge in [0, 0.05) is 30.4 Å². The molecule has 0 radical (unpaired) electrons.